The largest absolute Gasteiger partial charge is 0.230 e. The molecule has 0 aromatic heterocycles. The van der Waals surface area contributed by atoms with E-state index >= 15 is 0 Å². The second-order valence-electron chi connectivity index (χ2n) is 4.02. The van der Waals surface area contributed by atoms with E-state index in [9.17, 15) is 8.42 Å². The third-order valence-corrected chi connectivity index (χ3v) is 5.08. The van der Waals surface area contributed by atoms with Gasteiger partial charge in [-0.05, 0) is 0 Å². The standard InChI is InChI=1S/C4H11B4NO2S/c1-12(10,11)4(7,8)3(5,6)2-9/h5-8H2,1H3. The van der Waals surface area contributed by atoms with Crippen molar-refractivity contribution in [2.45, 2.75) is 9.76 Å². The molecule has 0 aliphatic rings. The van der Waals surface area contributed by atoms with Crippen LogP contribution in [-0.2, 0) is 9.84 Å². The van der Waals surface area contributed by atoms with E-state index in [4.69, 9.17) is 5.26 Å². The Morgan fingerprint density at radius 2 is 1.58 bits per heavy atom. The first-order valence-corrected chi connectivity index (χ1v) is 5.56. The topological polar surface area (TPSA) is 57.9 Å². The molecule has 3 nitrogen and oxygen atoms in total. The van der Waals surface area contributed by atoms with Crippen molar-refractivity contribution in [1.29, 1.82) is 5.26 Å². The van der Waals surface area contributed by atoms with Crippen LogP contribution in [-0.4, -0.2) is 50.6 Å². The second-order valence-corrected chi connectivity index (χ2v) is 6.58. The zero-order chi connectivity index (χ0) is 10.2. The SMILES string of the molecule is BC(B)(C#N)C(B)(B)S(C)(=O)=O. The molecule has 12 heavy (non-hydrogen) atoms. The van der Waals surface area contributed by atoms with Gasteiger partial charge in [-0.15, -0.1) is 0 Å². The molecule has 0 N–H and O–H groups in total. The van der Waals surface area contributed by atoms with Crippen LogP contribution in [0.25, 0.3) is 0 Å². The van der Waals surface area contributed by atoms with Crippen LogP contribution in [0.4, 0.5) is 0 Å². The third-order valence-electron chi connectivity index (χ3n) is 2.71. The third kappa shape index (κ3) is 1.71. The lowest BCUT2D eigenvalue weighted by Gasteiger charge is -2.34. The first-order valence-electron chi connectivity index (χ1n) is 3.67. The van der Waals surface area contributed by atoms with Gasteiger partial charge >= 0.3 is 0 Å². The Morgan fingerprint density at radius 1 is 1.25 bits per heavy atom. The molecule has 0 rings (SSSR count). The van der Waals surface area contributed by atoms with E-state index in [1.165, 1.54) is 0 Å². The molecule has 0 aromatic carbocycles. The summed E-state index contributed by atoms with van der Waals surface area (Å²) in [5.41, 5.74) is 0. The van der Waals surface area contributed by atoms with E-state index < -0.39 is 19.6 Å². The lowest BCUT2D eigenvalue weighted by Crippen LogP contribution is -2.50. The number of rotatable bonds is 2. The quantitative estimate of drug-likeness (QED) is 0.406. The van der Waals surface area contributed by atoms with Gasteiger partial charge in [0.2, 0.25) is 0 Å². The predicted molar refractivity (Wildman–Crippen MR) is 60.1 cm³/mol. The summed E-state index contributed by atoms with van der Waals surface area (Å²) in [7, 11) is 3.22. The maximum Gasteiger partial charge on any atom is 0.138 e. The number of nitriles is 1. The molecule has 8 heteroatoms. The molecule has 0 radical (unpaired) electrons. The Bertz CT molecular complexity index is 314. The summed E-state index contributed by atoms with van der Waals surface area (Å²) in [5.74, 6) is 0. The summed E-state index contributed by atoms with van der Waals surface area (Å²) in [4.78, 5) is 0. The Labute approximate surface area is 77.5 Å². The van der Waals surface area contributed by atoms with Crippen molar-refractivity contribution in [3.05, 3.63) is 0 Å². The van der Waals surface area contributed by atoms with Gasteiger partial charge < -0.3 is 0 Å². The van der Waals surface area contributed by atoms with Crippen LogP contribution in [0, 0.1) is 11.3 Å². The van der Waals surface area contributed by atoms with E-state index in [0.29, 0.717) is 0 Å². The average Bonchev–Trinajstić information content (AvgIpc) is 1.85. The maximum absolute atomic E-state index is 11.3. The lowest BCUT2D eigenvalue weighted by molar-refractivity contribution is 0.592. The molecule has 0 amide bonds. The Balaban J connectivity index is 5.32. The lowest BCUT2D eigenvalue weighted by atomic mass is 9.38. The van der Waals surface area contributed by atoms with Gasteiger partial charge in [-0.3, -0.25) is 0 Å². The molecule has 0 saturated carbocycles. The highest BCUT2D eigenvalue weighted by Crippen LogP contribution is 2.32. The Hall–Kier alpha value is -0.300. The minimum absolute atomic E-state index is 0.861. The first-order chi connectivity index (χ1) is 5.06. The highest BCUT2D eigenvalue weighted by atomic mass is 32.2. The summed E-state index contributed by atoms with van der Waals surface area (Å²) < 4.78 is 21.6. The fraction of sp³-hybridized carbons (Fsp3) is 0.750. The van der Waals surface area contributed by atoms with Gasteiger partial charge in [0.1, 0.15) is 41.2 Å². The van der Waals surface area contributed by atoms with E-state index in [2.05, 4.69) is 0 Å². The molecule has 0 atom stereocenters. The van der Waals surface area contributed by atoms with Crippen LogP contribution in [0.5, 0.6) is 0 Å². The molecule has 0 saturated heterocycles. The number of nitrogens with zero attached hydrogens (tertiary/aromatic N) is 1. The van der Waals surface area contributed by atoms with Crippen LogP contribution < -0.4 is 0 Å². The monoisotopic (exact) mass is 181 g/mol. The number of sulfone groups is 1. The van der Waals surface area contributed by atoms with Gasteiger partial charge in [-0.1, -0.05) is 0 Å². The van der Waals surface area contributed by atoms with Crippen LogP contribution in [0.1, 0.15) is 0 Å². The van der Waals surface area contributed by atoms with Crippen molar-refractivity contribution in [1.82, 2.24) is 0 Å². The van der Waals surface area contributed by atoms with E-state index in [0.717, 1.165) is 6.26 Å². The van der Waals surface area contributed by atoms with Gasteiger partial charge in [0.15, 0.2) is 0 Å². The second kappa shape index (κ2) is 2.88. The summed E-state index contributed by atoms with van der Waals surface area (Å²) in [6, 6.07) is 2.01. The van der Waals surface area contributed by atoms with Gasteiger partial charge in [0, 0.05) is 16.0 Å². The molecule has 0 aliphatic carbocycles. The van der Waals surface area contributed by atoms with Crippen molar-refractivity contribution in [3.8, 4) is 6.07 Å². The van der Waals surface area contributed by atoms with E-state index in [1.54, 1.807) is 31.4 Å². The first kappa shape index (κ1) is 11.7. The zero-order valence-corrected chi connectivity index (χ0v) is 8.99. The van der Waals surface area contributed by atoms with Crippen LogP contribution in [0.15, 0.2) is 0 Å². The van der Waals surface area contributed by atoms with Crippen molar-refractivity contribution < 1.29 is 8.42 Å². The summed E-state index contributed by atoms with van der Waals surface area (Å²) in [6.07, 6.45) is 1.16. The molecular weight excluding hydrogens is 169 g/mol. The predicted octanol–water partition coefficient (Wildman–Crippen LogP) is -4.14. The Kier molecular flexibility index (Phi) is 2.81. The van der Waals surface area contributed by atoms with Crippen molar-refractivity contribution in [2.75, 3.05) is 6.26 Å². The van der Waals surface area contributed by atoms with Gasteiger partial charge in [0.05, 0.1) is 6.07 Å². The maximum atomic E-state index is 11.3. The van der Waals surface area contributed by atoms with Crippen LogP contribution in [0.2, 0.25) is 5.21 Å². The molecule has 0 heterocycles. The fourth-order valence-electron chi connectivity index (χ4n) is 0.598. The fourth-order valence-corrected chi connectivity index (χ4v) is 1.57. The minimum atomic E-state index is -3.19. The normalized spacial score (nSPS) is 13.7. The zero-order valence-electron chi connectivity index (χ0n) is 8.17. The number of hydrogen-bond donors (Lipinski definition) is 0. The Morgan fingerprint density at radius 3 is 1.67 bits per heavy atom. The smallest absolute Gasteiger partial charge is 0.138 e. The van der Waals surface area contributed by atoms with Crippen molar-refractivity contribution in [2.24, 2.45) is 0 Å². The molecule has 0 aliphatic heterocycles. The summed E-state index contributed by atoms with van der Waals surface area (Å²) in [5, 5.41) is 7.92. The molecule has 62 valence electrons. The summed E-state index contributed by atoms with van der Waals surface area (Å²) >= 11 is 0. The average molecular weight is 180 g/mol. The minimum Gasteiger partial charge on any atom is -0.230 e. The highest BCUT2D eigenvalue weighted by Gasteiger charge is 2.44. The van der Waals surface area contributed by atoms with Crippen molar-refractivity contribution in [3.63, 3.8) is 0 Å². The van der Waals surface area contributed by atoms with Gasteiger partial charge in [-0.2, -0.15) is 5.26 Å². The van der Waals surface area contributed by atoms with E-state index in [-0.39, 0.29) is 0 Å². The molecule has 0 unspecified atom stereocenters. The van der Waals surface area contributed by atoms with Gasteiger partial charge in [-0.25, -0.2) is 8.42 Å². The van der Waals surface area contributed by atoms with Gasteiger partial charge in [0.25, 0.3) is 0 Å². The number of hydrogen-bond acceptors (Lipinski definition) is 3. The molecular formula is C4H11B4NO2S. The molecule has 0 aromatic rings. The molecule has 0 bridgehead atoms. The van der Waals surface area contributed by atoms with Crippen LogP contribution in [0.3, 0.4) is 0 Å². The van der Waals surface area contributed by atoms with E-state index in [1.807, 2.05) is 6.07 Å². The van der Waals surface area contributed by atoms with Crippen molar-refractivity contribution >= 4 is 41.2 Å². The molecule has 0 fully saturated rings. The molecule has 0 spiro atoms. The highest BCUT2D eigenvalue weighted by molar-refractivity contribution is 7.95. The summed E-state index contributed by atoms with van der Waals surface area (Å²) in [6.45, 7) is 0. The van der Waals surface area contributed by atoms with Crippen LogP contribution >= 0.6 is 0 Å².